The summed E-state index contributed by atoms with van der Waals surface area (Å²) in [5, 5.41) is 21.0. The lowest BCUT2D eigenvalue weighted by molar-refractivity contribution is 0.0432. The average molecular weight is 302 g/mol. The Balaban J connectivity index is 2.17. The molecule has 1 heterocycles. The molecule has 3 nitrogen and oxygen atoms in total. The first-order valence-corrected chi connectivity index (χ1v) is 8.24. The number of phenols is 1. The Morgan fingerprint density at radius 3 is 2.64 bits per heavy atom. The van der Waals surface area contributed by atoms with Gasteiger partial charge in [0.1, 0.15) is 17.1 Å². The van der Waals surface area contributed by atoms with Crippen LogP contribution < -0.4 is 4.74 Å². The van der Waals surface area contributed by atoms with Crippen LogP contribution in [0.1, 0.15) is 64.5 Å². The molecular formula is C19H26O3. The van der Waals surface area contributed by atoms with Crippen LogP contribution in [0.3, 0.4) is 0 Å². The van der Waals surface area contributed by atoms with E-state index in [-0.39, 0.29) is 11.4 Å². The summed E-state index contributed by atoms with van der Waals surface area (Å²) in [6, 6.07) is 3.89. The van der Waals surface area contributed by atoms with Crippen LogP contribution in [0.5, 0.6) is 11.5 Å². The molecule has 2 aliphatic rings. The van der Waals surface area contributed by atoms with E-state index in [4.69, 9.17) is 4.74 Å². The summed E-state index contributed by atoms with van der Waals surface area (Å²) in [4.78, 5) is 0. The molecule has 1 aliphatic carbocycles. The molecule has 2 N–H and O–H groups in total. The van der Waals surface area contributed by atoms with Gasteiger partial charge in [0.05, 0.1) is 11.2 Å². The van der Waals surface area contributed by atoms with Crippen molar-refractivity contribution in [1.82, 2.24) is 0 Å². The summed E-state index contributed by atoms with van der Waals surface area (Å²) in [7, 11) is 0. The van der Waals surface area contributed by atoms with Gasteiger partial charge in [0.15, 0.2) is 0 Å². The van der Waals surface area contributed by atoms with Gasteiger partial charge in [0.2, 0.25) is 0 Å². The molecule has 0 unspecified atom stereocenters. The van der Waals surface area contributed by atoms with Crippen LogP contribution in [0.4, 0.5) is 0 Å². The Kier molecular flexibility index (Phi) is 3.52. The van der Waals surface area contributed by atoms with E-state index in [0.717, 1.165) is 48.1 Å². The largest absolute Gasteiger partial charge is 0.507 e. The lowest BCUT2D eigenvalue weighted by Gasteiger charge is -2.43. The maximum Gasteiger partial charge on any atom is 0.132 e. The quantitative estimate of drug-likeness (QED) is 0.860. The molecule has 0 saturated heterocycles. The number of hydrogen-bond acceptors (Lipinski definition) is 3. The number of rotatable bonds is 2. The smallest absolute Gasteiger partial charge is 0.132 e. The van der Waals surface area contributed by atoms with Crippen LogP contribution in [0, 0.1) is 0 Å². The monoisotopic (exact) mass is 302 g/mol. The third-order valence-corrected chi connectivity index (χ3v) is 4.91. The molecule has 0 radical (unpaired) electrons. The molecule has 0 amide bonds. The van der Waals surface area contributed by atoms with Crippen molar-refractivity contribution < 1.29 is 14.9 Å². The highest BCUT2D eigenvalue weighted by molar-refractivity contribution is 5.81. The fourth-order valence-electron chi connectivity index (χ4n) is 3.83. The zero-order chi connectivity index (χ0) is 16.1. The Hall–Kier alpha value is -1.48. The number of aliphatic hydroxyl groups is 1. The van der Waals surface area contributed by atoms with Crippen LogP contribution >= 0.6 is 0 Å². The predicted octanol–water partition coefficient (Wildman–Crippen LogP) is 4.20. The SMILES string of the molecule is CCCc1cc(O)c2c(c1)OC(C)(C)C1=C2C[C@](C)(O)CC1. The number of benzene rings is 1. The van der Waals surface area contributed by atoms with Crippen LogP contribution in [-0.2, 0) is 6.42 Å². The second-order valence-corrected chi connectivity index (χ2v) is 7.48. The first-order valence-electron chi connectivity index (χ1n) is 8.24. The van der Waals surface area contributed by atoms with E-state index in [1.54, 1.807) is 0 Å². The van der Waals surface area contributed by atoms with Crippen molar-refractivity contribution in [3.05, 3.63) is 28.8 Å². The van der Waals surface area contributed by atoms with Crippen molar-refractivity contribution in [2.75, 3.05) is 0 Å². The normalized spacial score (nSPS) is 26.2. The highest BCUT2D eigenvalue weighted by Crippen LogP contribution is 2.52. The summed E-state index contributed by atoms with van der Waals surface area (Å²) in [5.41, 5.74) is 3.08. The lowest BCUT2D eigenvalue weighted by atomic mass is 9.72. The molecule has 1 aromatic rings. The van der Waals surface area contributed by atoms with E-state index >= 15 is 0 Å². The molecule has 0 saturated carbocycles. The van der Waals surface area contributed by atoms with E-state index in [1.165, 1.54) is 5.57 Å². The van der Waals surface area contributed by atoms with Crippen molar-refractivity contribution in [3.63, 3.8) is 0 Å². The highest BCUT2D eigenvalue weighted by atomic mass is 16.5. The maximum absolute atomic E-state index is 10.5. The van der Waals surface area contributed by atoms with Gasteiger partial charge in [-0.2, -0.15) is 0 Å². The zero-order valence-corrected chi connectivity index (χ0v) is 14.0. The molecule has 1 atom stereocenters. The number of hydrogen-bond donors (Lipinski definition) is 2. The van der Waals surface area contributed by atoms with Gasteiger partial charge < -0.3 is 14.9 Å². The molecule has 3 heteroatoms. The summed E-state index contributed by atoms with van der Waals surface area (Å²) in [5.74, 6) is 1.03. The molecule has 0 fully saturated rings. The molecule has 1 aromatic carbocycles. The van der Waals surface area contributed by atoms with Gasteiger partial charge in [0.25, 0.3) is 0 Å². The summed E-state index contributed by atoms with van der Waals surface area (Å²) < 4.78 is 6.23. The third kappa shape index (κ3) is 2.52. The molecular weight excluding hydrogens is 276 g/mol. The number of aromatic hydroxyl groups is 1. The number of aryl methyl sites for hydroxylation is 1. The van der Waals surface area contributed by atoms with Crippen LogP contribution in [0.15, 0.2) is 17.7 Å². The van der Waals surface area contributed by atoms with Gasteiger partial charge >= 0.3 is 0 Å². The van der Waals surface area contributed by atoms with Crippen LogP contribution in [-0.4, -0.2) is 21.4 Å². The highest BCUT2D eigenvalue weighted by Gasteiger charge is 2.42. The summed E-state index contributed by atoms with van der Waals surface area (Å²) in [6.07, 6.45) is 4.08. The van der Waals surface area contributed by atoms with Crippen molar-refractivity contribution in [3.8, 4) is 11.5 Å². The topological polar surface area (TPSA) is 49.7 Å². The molecule has 3 rings (SSSR count). The van der Waals surface area contributed by atoms with E-state index in [9.17, 15) is 10.2 Å². The Morgan fingerprint density at radius 1 is 1.23 bits per heavy atom. The zero-order valence-electron chi connectivity index (χ0n) is 14.0. The van der Waals surface area contributed by atoms with Gasteiger partial charge in [-0.1, -0.05) is 13.3 Å². The van der Waals surface area contributed by atoms with Gasteiger partial charge in [-0.3, -0.25) is 0 Å². The average Bonchev–Trinajstić information content (AvgIpc) is 2.35. The minimum Gasteiger partial charge on any atom is -0.507 e. The first-order chi connectivity index (χ1) is 10.2. The van der Waals surface area contributed by atoms with E-state index < -0.39 is 5.60 Å². The van der Waals surface area contributed by atoms with Crippen LogP contribution in [0.2, 0.25) is 0 Å². The Labute approximate surface area is 132 Å². The van der Waals surface area contributed by atoms with Gasteiger partial charge in [-0.05, 0) is 68.9 Å². The van der Waals surface area contributed by atoms with Gasteiger partial charge in [-0.25, -0.2) is 0 Å². The van der Waals surface area contributed by atoms with Crippen molar-refractivity contribution in [2.45, 2.75) is 71.0 Å². The van der Waals surface area contributed by atoms with E-state index in [2.05, 4.69) is 20.8 Å². The molecule has 22 heavy (non-hydrogen) atoms. The fraction of sp³-hybridized carbons (Fsp3) is 0.579. The number of phenolic OH excluding ortho intramolecular Hbond substituents is 1. The summed E-state index contributed by atoms with van der Waals surface area (Å²) in [6.45, 7) is 8.16. The van der Waals surface area contributed by atoms with Crippen molar-refractivity contribution in [2.24, 2.45) is 0 Å². The van der Waals surface area contributed by atoms with E-state index in [1.807, 2.05) is 19.1 Å². The number of ether oxygens (including phenoxy) is 1. The Bertz CT molecular complexity index is 638. The third-order valence-electron chi connectivity index (χ3n) is 4.91. The minimum absolute atomic E-state index is 0.279. The molecule has 0 spiro atoms. The predicted molar refractivity (Wildman–Crippen MR) is 88.2 cm³/mol. The second-order valence-electron chi connectivity index (χ2n) is 7.48. The van der Waals surface area contributed by atoms with E-state index in [0.29, 0.717) is 6.42 Å². The maximum atomic E-state index is 10.5. The van der Waals surface area contributed by atoms with Crippen LogP contribution in [0.25, 0.3) is 5.57 Å². The molecule has 1 aliphatic heterocycles. The number of fused-ring (bicyclic) bond motifs is 2. The van der Waals surface area contributed by atoms with Gasteiger partial charge in [0, 0.05) is 6.42 Å². The fourth-order valence-corrected chi connectivity index (χ4v) is 3.83. The summed E-state index contributed by atoms with van der Waals surface area (Å²) >= 11 is 0. The lowest BCUT2D eigenvalue weighted by Crippen LogP contribution is -2.40. The molecule has 0 bridgehead atoms. The molecule has 0 aromatic heterocycles. The minimum atomic E-state index is -0.710. The molecule has 120 valence electrons. The second kappa shape index (κ2) is 5.02. The van der Waals surface area contributed by atoms with Gasteiger partial charge in [-0.15, -0.1) is 0 Å². The van der Waals surface area contributed by atoms with Crippen molar-refractivity contribution in [1.29, 1.82) is 0 Å². The van der Waals surface area contributed by atoms with Crippen molar-refractivity contribution >= 4 is 5.57 Å². The standard InChI is InChI=1S/C19H26O3/c1-5-6-12-9-15(20)17-13-11-19(4,21)8-7-14(13)18(2,3)22-16(17)10-12/h9-10,20-21H,5-8,11H2,1-4H3/t19-/m1/s1. The first kappa shape index (κ1) is 15.4. The Morgan fingerprint density at radius 2 is 1.95 bits per heavy atom.